The molecule has 0 radical (unpaired) electrons. The first-order valence-electron chi connectivity index (χ1n) is 12.5. The Morgan fingerprint density at radius 2 is 1.00 bits per heavy atom. The molecule has 0 amide bonds. The third-order valence-corrected chi connectivity index (χ3v) is 14.1. The maximum Gasteiger partial charge on any atom is 0.247 e. The third-order valence-electron chi connectivity index (χ3n) is 6.81. The number of rotatable bonds is 4. The lowest BCUT2D eigenvalue weighted by molar-refractivity contribution is 0.569. The SMILES string of the molecule is Cc1cc(C)cc([Si](Cl)(c2cc(C(C)(C)C)cc(C(C)(C)C)c2)c2cccc([Si](C)(C)C)c2)c1. The van der Waals surface area contributed by atoms with Gasteiger partial charge in [0.2, 0.25) is 7.38 Å². The highest BCUT2D eigenvalue weighted by Gasteiger charge is 2.40. The molecule has 0 heterocycles. The van der Waals surface area contributed by atoms with Crippen molar-refractivity contribution in [3.05, 3.63) is 82.9 Å². The van der Waals surface area contributed by atoms with Crippen LogP contribution in [0, 0.1) is 13.8 Å². The Balaban J connectivity index is 2.45. The molecule has 3 heteroatoms. The Labute approximate surface area is 215 Å². The molecule has 0 nitrogen and oxygen atoms in total. The van der Waals surface area contributed by atoms with Crippen LogP contribution in [-0.2, 0) is 10.8 Å². The minimum absolute atomic E-state index is 0.0465. The molecule has 3 aromatic carbocycles. The van der Waals surface area contributed by atoms with E-state index in [1.807, 2.05) is 0 Å². The fourth-order valence-corrected chi connectivity index (χ4v) is 10.1. The molecule has 0 spiro atoms. The molecule has 34 heavy (non-hydrogen) atoms. The molecule has 0 aliphatic carbocycles. The number of hydrogen-bond donors (Lipinski definition) is 0. The van der Waals surface area contributed by atoms with Crippen molar-refractivity contribution in [3.63, 3.8) is 0 Å². The van der Waals surface area contributed by atoms with Crippen molar-refractivity contribution in [2.45, 2.75) is 85.9 Å². The van der Waals surface area contributed by atoms with E-state index in [1.165, 1.54) is 43.0 Å². The van der Waals surface area contributed by atoms with Crippen LogP contribution in [0.15, 0.2) is 60.7 Å². The maximum atomic E-state index is 8.08. The second-order valence-corrected chi connectivity index (χ2v) is 23.0. The minimum Gasteiger partial charge on any atom is -0.149 e. The van der Waals surface area contributed by atoms with Gasteiger partial charge in [-0.15, -0.1) is 11.1 Å². The van der Waals surface area contributed by atoms with Crippen LogP contribution in [0.1, 0.15) is 63.8 Å². The lowest BCUT2D eigenvalue weighted by Crippen LogP contribution is -2.64. The predicted molar refractivity (Wildman–Crippen MR) is 160 cm³/mol. The molecule has 3 rings (SSSR count). The van der Waals surface area contributed by atoms with Gasteiger partial charge in [-0.3, -0.25) is 0 Å². The van der Waals surface area contributed by atoms with Gasteiger partial charge in [0.05, 0.1) is 8.07 Å². The van der Waals surface area contributed by atoms with Crippen molar-refractivity contribution in [1.82, 2.24) is 0 Å². The van der Waals surface area contributed by atoms with Gasteiger partial charge in [0, 0.05) is 0 Å². The molecular weight excluding hydrogens is 464 g/mol. The van der Waals surface area contributed by atoms with Crippen LogP contribution in [0.5, 0.6) is 0 Å². The quantitative estimate of drug-likeness (QED) is 0.211. The van der Waals surface area contributed by atoms with Crippen molar-refractivity contribution in [2.24, 2.45) is 0 Å². The molecule has 0 aliphatic rings. The van der Waals surface area contributed by atoms with Crippen molar-refractivity contribution in [3.8, 4) is 0 Å². The largest absolute Gasteiger partial charge is 0.247 e. The van der Waals surface area contributed by atoms with E-state index in [1.54, 1.807) is 0 Å². The third kappa shape index (κ3) is 5.61. The van der Waals surface area contributed by atoms with Gasteiger partial charge < -0.3 is 0 Å². The summed E-state index contributed by atoms with van der Waals surface area (Å²) in [6, 6.07) is 23.4. The van der Waals surface area contributed by atoms with Crippen LogP contribution in [0.25, 0.3) is 0 Å². The van der Waals surface area contributed by atoms with Gasteiger partial charge >= 0.3 is 0 Å². The van der Waals surface area contributed by atoms with Crippen LogP contribution >= 0.6 is 11.1 Å². The Kier molecular flexibility index (Phi) is 7.23. The van der Waals surface area contributed by atoms with Gasteiger partial charge in [-0.2, -0.15) is 0 Å². The van der Waals surface area contributed by atoms with E-state index in [0.717, 1.165) is 0 Å². The summed E-state index contributed by atoms with van der Waals surface area (Å²) >= 11 is 8.08. The van der Waals surface area contributed by atoms with Crippen LogP contribution < -0.4 is 20.7 Å². The van der Waals surface area contributed by atoms with Crippen molar-refractivity contribution in [1.29, 1.82) is 0 Å². The van der Waals surface area contributed by atoms with Crippen molar-refractivity contribution < 1.29 is 0 Å². The summed E-state index contributed by atoms with van der Waals surface area (Å²) in [5.74, 6) is 0. The highest BCUT2D eigenvalue weighted by molar-refractivity contribution is 7.40. The first-order valence-corrected chi connectivity index (χ1v) is 19.0. The second-order valence-electron chi connectivity index (χ2n) is 13.2. The fraction of sp³-hybridized carbons (Fsp3) is 0.419. The van der Waals surface area contributed by atoms with Crippen molar-refractivity contribution in [2.75, 3.05) is 0 Å². The van der Waals surface area contributed by atoms with E-state index in [0.29, 0.717) is 0 Å². The zero-order valence-electron chi connectivity index (χ0n) is 23.2. The van der Waals surface area contributed by atoms with E-state index < -0.39 is 15.5 Å². The van der Waals surface area contributed by atoms with Gasteiger partial charge in [-0.1, -0.05) is 138 Å². The topological polar surface area (TPSA) is 0 Å². The van der Waals surface area contributed by atoms with Crippen molar-refractivity contribution >= 4 is 47.3 Å². The number of benzene rings is 3. The predicted octanol–water partition coefficient (Wildman–Crippen LogP) is 6.65. The Morgan fingerprint density at radius 1 is 0.559 bits per heavy atom. The molecule has 0 bridgehead atoms. The first-order chi connectivity index (χ1) is 15.4. The molecule has 3 aromatic rings. The lowest BCUT2D eigenvalue weighted by Gasteiger charge is -2.33. The summed E-state index contributed by atoms with van der Waals surface area (Å²) in [5, 5.41) is 5.34. The van der Waals surface area contributed by atoms with Crippen LogP contribution in [0.2, 0.25) is 19.6 Å². The Bertz CT molecular complexity index is 1140. The van der Waals surface area contributed by atoms with Crippen LogP contribution in [0.3, 0.4) is 0 Å². The normalized spacial score (nSPS) is 14.7. The standard InChI is InChI=1S/C31H43ClSi2/c1-22-15-23(2)17-28(16-22)34(32,27-14-12-13-26(21-27)33(9,10)11)29-19-24(30(3,4)5)18-25(20-29)31(6,7)8/h12-21H,1-11H3. The van der Waals surface area contributed by atoms with E-state index in [9.17, 15) is 0 Å². The van der Waals surface area contributed by atoms with Crippen LogP contribution in [0.4, 0.5) is 0 Å². The smallest absolute Gasteiger partial charge is 0.149 e. The fourth-order valence-electron chi connectivity index (χ4n) is 4.57. The lowest BCUT2D eigenvalue weighted by atomic mass is 9.81. The highest BCUT2D eigenvalue weighted by atomic mass is 35.6. The summed E-state index contributed by atoms with van der Waals surface area (Å²) in [7, 11) is -4.26. The second kappa shape index (κ2) is 9.11. The highest BCUT2D eigenvalue weighted by Crippen LogP contribution is 2.29. The van der Waals surface area contributed by atoms with Gasteiger partial charge in [0.1, 0.15) is 0 Å². The molecule has 182 valence electrons. The van der Waals surface area contributed by atoms with Crippen LogP contribution in [-0.4, -0.2) is 15.5 Å². The zero-order chi connectivity index (χ0) is 25.7. The molecule has 1 unspecified atom stereocenters. The van der Waals surface area contributed by atoms with Gasteiger partial charge in [-0.25, -0.2) is 0 Å². The molecule has 1 atom stereocenters. The van der Waals surface area contributed by atoms with E-state index in [4.69, 9.17) is 11.1 Å². The maximum absolute atomic E-state index is 8.08. The number of hydrogen-bond acceptors (Lipinski definition) is 0. The molecule has 0 N–H and O–H groups in total. The number of aryl methyl sites for hydroxylation is 2. The number of halogens is 1. The van der Waals surface area contributed by atoms with E-state index in [2.05, 4.69) is 136 Å². The Hall–Kier alpha value is -1.62. The summed E-state index contributed by atoms with van der Waals surface area (Å²) in [4.78, 5) is 0. The molecule has 0 saturated heterocycles. The average molecular weight is 507 g/mol. The first kappa shape index (κ1) is 27.0. The van der Waals surface area contributed by atoms with E-state index in [-0.39, 0.29) is 10.8 Å². The van der Waals surface area contributed by atoms with Gasteiger partial charge in [0.15, 0.2) is 0 Å². The van der Waals surface area contributed by atoms with Gasteiger partial charge in [0.25, 0.3) is 0 Å². The summed E-state index contributed by atoms with van der Waals surface area (Å²) in [5.41, 5.74) is 5.36. The van der Waals surface area contributed by atoms with Gasteiger partial charge in [-0.05, 0) is 51.4 Å². The zero-order valence-corrected chi connectivity index (χ0v) is 25.9. The summed E-state index contributed by atoms with van der Waals surface area (Å²) in [6.07, 6.45) is 0. The molecule has 0 fully saturated rings. The minimum atomic E-state index is -2.78. The molecule has 0 aromatic heterocycles. The molecule has 0 saturated carbocycles. The monoisotopic (exact) mass is 506 g/mol. The summed E-state index contributed by atoms with van der Waals surface area (Å²) in [6.45, 7) is 25.4. The van der Waals surface area contributed by atoms with E-state index >= 15 is 0 Å². The summed E-state index contributed by atoms with van der Waals surface area (Å²) < 4.78 is 0. The Morgan fingerprint density at radius 3 is 1.44 bits per heavy atom. The molecular formula is C31H43ClSi2. The average Bonchev–Trinajstić information content (AvgIpc) is 2.70. The molecule has 0 aliphatic heterocycles.